The molecule has 0 aliphatic carbocycles. The number of hydrogen-bond donors (Lipinski definition) is 0. The molecule has 0 radical (unpaired) electrons. The van der Waals surface area contributed by atoms with Gasteiger partial charge < -0.3 is 9.47 Å². The Morgan fingerprint density at radius 2 is 1.70 bits per heavy atom. The Hall–Kier alpha value is -2.55. The predicted molar refractivity (Wildman–Crippen MR) is 89.3 cm³/mol. The van der Waals surface area contributed by atoms with Crippen molar-refractivity contribution < 1.29 is 14.3 Å². The molecule has 0 N–H and O–H groups in total. The summed E-state index contributed by atoms with van der Waals surface area (Å²) in [6.45, 7) is 2.02. The van der Waals surface area contributed by atoms with Crippen molar-refractivity contribution in [1.29, 1.82) is 0 Å². The molecule has 0 amide bonds. The molecule has 0 aromatic heterocycles. The summed E-state index contributed by atoms with van der Waals surface area (Å²) in [6, 6.07) is 18.3. The van der Waals surface area contributed by atoms with Gasteiger partial charge in [-0.1, -0.05) is 49.4 Å². The molecule has 118 valence electrons. The Morgan fingerprint density at radius 3 is 2.30 bits per heavy atom. The zero-order valence-electron chi connectivity index (χ0n) is 13.4. The zero-order chi connectivity index (χ0) is 16.2. The summed E-state index contributed by atoms with van der Waals surface area (Å²) in [5.74, 6) is 1.50. The molecule has 1 atom stereocenters. The topological polar surface area (TPSA) is 35.5 Å². The Bertz CT molecular complexity index is 714. The maximum Gasteiger partial charge on any atom is 0.315 e. The predicted octanol–water partition coefficient (Wildman–Crippen LogP) is 4.44. The monoisotopic (exact) mass is 308 g/mol. The normalized spacial score (nSPS) is 15.5. The number of carbonyl (C=O) groups excluding carboxylic acids is 1. The van der Waals surface area contributed by atoms with Crippen molar-refractivity contribution in [3.8, 4) is 5.75 Å². The number of esters is 1. The van der Waals surface area contributed by atoms with Crippen molar-refractivity contribution in [1.82, 2.24) is 0 Å². The van der Waals surface area contributed by atoms with Gasteiger partial charge in [0.05, 0.1) is 13.5 Å². The molecule has 23 heavy (non-hydrogen) atoms. The molecule has 0 saturated heterocycles. The number of methoxy groups -OCH3 is 1. The van der Waals surface area contributed by atoms with Crippen LogP contribution in [-0.4, -0.2) is 13.1 Å². The van der Waals surface area contributed by atoms with Crippen LogP contribution in [0.4, 0.5) is 0 Å². The number of allylic oxidation sites excluding steroid dienone is 1. The summed E-state index contributed by atoms with van der Waals surface area (Å²) in [5.41, 5.74) is 3.36. The molecule has 1 aliphatic rings. The van der Waals surface area contributed by atoms with E-state index < -0.39 is 0 Å². The molecule has 0 bridgehead atoms. The van der Waals surface area contributed by atoms with Crippen LogP contribution in [0.2, 0.25) is 0 Å². The van der Waals surface area contributed by atoms with Crippen LogP contribution >= 0.6 is 0 Å². The van der Waals surface area contributed by atoms with Gasteiger partial charge in [-0.2, -0.15) is 0 Å². The first kappa shape index (κ1) is 15.3. The average molecular weight is 308 g/mol. The number of ether oxygens (including phenoxy) is 2. The molecular formula is C20H20O3. The van der Waals surface area contributed by atoms with E-state index in [2.05, 4.69) is 24.3 Å². The first-order valence-corrected chi connectivity index (χ1v) is 7.84. The van der Waals surface area contributed by atoms with Gasteiger partial charge in [-0.15, -0.1) is 0 Å². The van der Waals surface area contributed by atoms with Crippen molar-refractivity contribution in [2.75, 3.05) is 7.11 Å². The van der Waals surface area contributed by atoms with Crippen molar-refractivity contribution in [3.63, 3.8) is 0 Å². The molecule has 3 rings (SSSR count). The fraction of sp³-hybridized carbons (Fsp3) is 0.250. The van der Waals surface area contributed by atoms with Crippen LogP contribution in [-0.2, 0) is 9.53 Å². The molecule has 0 spiro atoms. The second-order valence-electron chi connectivity index (χ2n) is 5.57. The van der Waals surface area contributed by atoms with Crippen molar-refractivity contribution >= 4 is 5.97 Å². The summed E-state index contributed by atoms with van der Waals surface area (Å²) < 4.78 is 10.7. The van der Waals surface area contributed by atoms with Gasteiger partial charge in [0, 0.05) is 12.3 Å². The molecule has 1 aliphatic heterocycles. The lowest BCUT2D eigenvalue weighted by atomic mass is 9.83. The fourth-order valence-electron chi connectivity index (χ4n) is 3.09. The minimum absolute atomic E-state index is 0.0310. The number of cyclic esters (lactones) is 1. The summed E-state index contributed by atoms with van der Waals surface area (Å²) in [5, 5.41) is 0. The van der Waals surface area contributed by atoms with E-state index in [1.807, 2.05) is 37.3 Å². The molecule has 1 heterocycles. The van der Waals surface area contributed by atoms with Crippen LogP contribution in [0, 0.1) is 0 Å². The third-order valence-corrected chi connectivity index (χ3v) is 4.18. The van der Waals surface area contributed by atoms with Gasteiger partial charge in [0.25, 0.3) is 0 Å². The smallest absolute Gasteiger partial charge is 0.315 e. The quantitative estimate of drug-likeness (QED) is 0.766. The average Bonchev–Trinajstić information content (AvgIpc) is 2.97. The molecule has 2 aromatic rings. The Morgan fingerprint density at radius 1 is 1.04 bits per heavy atom. The van der Waals surface area contributed by atoms with E-state index in [4.69, 9.17) is 9.47 Å². The first-order valence-electron chi connectivity index (χ1n) is 7.84. The molecular weight excluding hydrogens is 288 g/mol. The van der Waals surface area contributed by atoms with E-state index in [1.165, 1.54) is 0 Å². The molecule has 1 unspecified atom stereocenters. The van der Waals surface area contributed by atoms with Gasteiger partial charge in [0.2, 0.25) is 0 Å². The van der Waals surface area contributed by atoms with Gasteiger partial charge >= 0.3 is 5.97 Å². The third-order valence-electron chi connectivity index (χ3n) is 4.18. The van der Waals surface area contributed by atoms with E-state index in [-0.39, 0.29) is 11.9 Å². The van der Waals surface area contributed by atoms with Gasteiger partial charge in [-0.25, -0.2) is 0 Å². The number of carbonyl (C=O) groups is 1. The van der Waals surface area contributed by atoms with Crippen LogP contribution in [0.25, 0.3) is 0 Å². The minimum Gasteiger partial charge on any atom is -0.497 e. The number of rotatable bonds is 5. The van der Waals surface area contributed by atoms with E-state index in [1.54, 1.807) is 7.11 Å². The highest BCUT2D eigenvalue weighted by Crippen LogP contribution is 2.40. The standard InChI is InChI=1S/C20H20O3/c1-3-18-17(13-19(21)23-18)20(14-7-5-4-6-8-14)15-9-11-16(22-2)12-10-15/h4-12,20H,3,13H2,1-2H3. The van der Waals surface area contributed by atoms with Gasteiger partial charge in [-0.3, -0.25) is 4.79 Å². The molecule has 2 aromatic carbocycles. The van der Waals surface area contributed by atoms with Crippen LogP contribution in [0.5, 0.6) is 5.75 Å². The largest absolute Gasteiger partial charge is 0.497 e. The van der Waals surface area contributed by atoms with Crippen molar-refractivity contribution in [2.45, 2.75) is 25.7 Å². The molecule has 3 heteroatoms. The van der Waals surface area contributed by atoms with E-state index in [0.717, 1.165) is 34.6 Å². The Kier molecular flexibility index (Phi) is 4.47. The second kappa shape index (κ2) is 6.69. The van der Waals surface area contributed by atoms with Crippen molar-refractivity contribution in [3.05, 3.63) is 77.1 Å². The van der Waals surface area contributed by atoms with Gasteiger partial charge in [-0.05, 0) is 28.8 Å². The van der Waals surface area contributed by atoms with Crippen LogP contribution in [0.1, 0.15) is 36.8 Å². The lowest BCUT2D eigenvalue weighted by molar-refractivity contribution is -0.136. The highest BCUT2D eigenvalue weighted by Gasteiger charge is 2.30. The molecule has 0 saturated carbocycles. The fourth-order valence-corrected chi connectivity index (χ4v) is 3.09. The minimum atomic E-state index is -0.161. The summed E-state index contributed by atoms with van der Waals surface area (Å²) in [4.78, 5) is 11.8. The second-order valence-corrected chi connectivity index (χ2v) is 5.57. The van der Waals surface area contributed by atoms with Gasteiger partial charge in [0.1, 0.15) is 11.5 Å². The highest BCUT2D eigenvalue weighted by atomic mass is 16.5. The lowest BCUT2D eigenvalue weighted by Crippen LogP contribution is -2.06. The molecule has 3 nitrogen and oxygen atoms in total. The Balaban J connectivity index is 2.09. The first-order chi connectivity index (χ1) is 11.2. The summed E-state index contributed by atoms with van der Waals surface area (Å²) in [7, 11) is 1.66. The van der Waals surface area contributed by atoms with E-state index in [9.17, 15) is 4.79 Å². The maximum atomic E-state index is 11.8. The SMILES string of the molecule is CCC1=C(C(c2ccccc2)c2ccc(OC)cc2)CC(=O)O1. The third kappa shape index (κ3) is 3.14. The van der Waals surface area contributed by atoms with Crippen LogP contribution in [0.15, 0.2) is 65.9 Å². The maximum absolute atomic E-state index is 11.8. The number of hydrogen-bond acceptors (Lipinski definition) is 3. The van der Waals surface area contributed by atoms with E-state index >= 15 is 0 Å². The summed E-state index contributed by atoms with van der Waals surface area (Å²) in [6.07, 6.45) is 1.08. The Labute approximate surface area is 136 Å². The van der Waals surface area contributed by atoms with Gasteiger partial charge in [0.15, 0.2) is 0 Å². The zero-order valence-corrected chi connectivity index (χ0v) is 13.4. The highest BCUT2D eigenvalue weighted by molar-refractivity contribution is 5.78. The lowest BCUT2D eigenvalue weighted by Gasteiger charge is -2.20. The summed E-state index contributed by atoms with van der Waals surface area (Å²) >= 11 is 0. The molecule has 0 fully saturated rings. The van der Waals surface area contributed by atoms with Crippen LogP contribution in [0.3, 0.4) is 0 Å². The number of benzene rings is 2. The van der Waals surface area contributed by atoms with E-state index in [0.29, 0.717) is 6.42 Å². The van der Waals surface area contributed by atoms with Crippen molar-refractivity contribution in [2.24, 2.45) is 0 Å². The van der Waals surface area contributed by atoms with Crippen LogP contribution < -0.4 is 4.74 Å².